The second-order valence-corrected chi connectivity index (χ2v) is 5.94. The molecule has 0 aliphatic carbocycles. The third kappa shape index (κ3) is 3.34. The van der Waals surface area contributed by atoms with E-state index in [2.05, 4.69) is 15.3 Å². The Balaban J connectivity index is 1.64. The number of carbonyl (C=O) groups excluding carboxylic acids is 2. The van der Waals surface area contributed by atoms with Gasteiger partial charge < -0.3 is 15.2 Å². The summed E-state index contributed by atoms with van der Waals surface area (Å²) in [6.45, 7) is 1.79. The number of amides is 2. The van der Waals surface area contributed by atoms with Gasteiger partial charge in [-0.25, -0.2) is 4.98 Å². The predicted molar refractivity (Wildman–Crippen MR) is 86.6 cm³/mol. The number of likely N-dealkylation sites (N-methyl/N-ethyl adjacent to an activating group) is 1. The van der Waals surface area contributed by atoms with Crippen LogP contribution >= 0.6 is 0 Å². The van der Waals surface area contributed by atoms with Crippen LogP contribution in [0.2, 0.25) is 0 Å². The maximum atomic E-state index is 12.4. The average molecular weight is 315 g/mol. The summed E-state index contributed by atoms with van der Waals surface area (Å²) in [7, 11) is 3.60. The molecule has 1 aliphatic heterocycles. The van der Waals surface area contributed by atoms with Gasteiger partial charge in [-0.15, -0.1) is 0 Å². The maximum Gasteiger partial charge on any atom is 0.237 e. The first-order chi connectivity index (χ1) is 11.0. The minimum Gasteiger partial charge on any atom is -0.353 e. The molecule has 1 aromatic heterocycles. The molecular weight excluding hydrogens is 294 g/mol. The molecule has 1 atom stereocenters. The molecule has 1 saturated heterocycles. The molecular formula is C16H21N5O2. The number of benzene rings is 1. The Hall–Kier alpha value is -2.41. The SMILES string of the molecule is CN(Cc1nc2ccccc2[nH]1)C(=O)C[C@@H]1C(=O)NCCN1C. The number of hydrogen-bond acceptors (Lipinski definition) is 4. The van der Waals surface area contributed by atoms with E-state index in [0.29, 0.717) is 13.1 Å². The highest BCUT2D eigenvalue weighted by Crippen LogP contribution is 2.13. The van der Waals surface area contributed by atoms with E-state index in [0.717, 1.165) is 23.4 Å². The Morgan fingerprint density at radius 1 is 1.43 bits per heavy atom. The number of H-pyrrole nitrogens is 1. The van der Waals surface area contributed by atoms with Crippen LogP contribution in [-0.4, -0.2) is 64.8 Å². The standard InChI is InChI=1S/C16H21N5O2/c1-20-8-7-17-16(23)13(20)9-15(22)21(2)10-14-18-11-5-3-4-6-12(11)19-14/h3-6,13H,7-10H2,1-2H3,(H,17,23)(H,18,19)/t13-/m1/s1. The number of para-hydroxylation sites is 2. The topological polar surface area (TPSA) is 81.3 Å². The van der Waals surface area contributed by atoms with E-state index in [1.165, 1.54) is 0 Å². The quantitative estimate of drug-likeness (QED) is 0.852. The number of nitrogens with one attached hydrogen (secondary N) is 2. The van der Waals surface area contributed by atoms with Crippen LogP contribution in [0.5, 0.6) is 0 Å². The number of piperazine rings is 1. The van der Waals surface area contributed by atoms with E-state index in [-0.39, 0.29) is 18.2 Å². The van der Waals surface area contributed by atoms with Crippen molar-refractivity contribution in [2.45, 2.75) is 19.0 Å². The summed E-state index contributed by atoms with van der Waals surface area (Å²) >= 11 is 0. The highest BCUT2D eigenvalue weighted by atomic mass is 16.2. The van der Waals surface area contributed by atoms with Gasteiger partial charge in [0.2, 0.25) is 11.8 Å². The Morgan fingerprint density at radius 2 is 2.22 bits per heavy atom. The Labute approximate surface area is 134 Å². The molecule has 0 unspecified atom stereocenters. The zero-order valence-electron chi connectivity index (χ0n) is 13.4. The molecule has 122 valence electrons. The van der Waals surface area contributed by atoms with Crippen LogP contribution in [0.25, 0.3) is 11.0 Å². The molecule has 2 heterocycles. The monoisotopic (exact) mass is 315 g/mol. The summed E-state index contributed by atoms with van der Waals surface area (Å²) in [6, 6.07) is 7.36. The molecule has 2 aromatic rings. The van der Waals surface area contributed by atoms with Gasteiger partial charge in [-0.3, -0.25) is 14.5 Å². The maximum absolute atomic E-state index is 12.4. The second-order valence-electron chi connectivity index (χ2n) is 5.94. The van der Waals surface area contributed by atoms with E-state index in [1.54, 1.807) is 11.9 Å². The lowest BCUT2D eigenvalue weighted by Crippen LogP contribution is -2.54. The Kier molecular flexibility index (Phi) is 4.29. The molecule has 7 nitrogen and oxygen atoms in total. The number of nitrogens with zero attached hydrogens (tertiary/aromatic N) is 3. The van der Waals surface area contributed by atoms with Crippen molar-refractivity contribution in [2.75, 3.05) is 27.2 Å². The van der Waals surface area contributed by atoms with Gasteiger partial charge in [-0.1, -0.05) is 12.1 Å². The van der Waals surface area contributed by atoms with Crippen LogP contribution < -0.4 is 5.32 Å². The number of fused-ring (bicyclic) bond motifs is 1. The van der Waals surface area contributed by atoms with E-state index in [9.17, 15) is 9.59 Å². The predicted octanol–water partition coefficient (Wildman–Crippen LogP) is 0.342. The molecule has 2 N–H and O–H groups in total. The highest BCUT2D eigenvalue weighted by Gasteiger charge is 2.30. The molecule has 0 bridgehead atoms. The number of hydrogen-bond donors (Lipinski definition) is 2. The molecule has 7 heteroatoms. The number of carbonyl (C=O) groups is 2. The third-order valence-corrected chi connectivity index (χ3v) is 4.22. The Morgan fingerprint density at radius 3 is 2.96 bits per heavy atom. The van der Waals surface area contributed by atoms with Gasteiger partial charge in [-0.2, -0.15) is 0 Å². The van der Waals surface area contributed by atoms with Crippen LogP contribution in [-0.2, 0) is 16.1 Å². The summed E-state index contributed by atoms with van der Waals surface area (Å²) in [4.78, 5) is 35.5. The minimum atomic E-state index is -0.394. The molecule has 1 fully saturated rings. The van der Waals surface area contributed by atoms with Crippen LogP contribution in [0, 0.1) is 0 Å². The summed E-state index contributed by atoms with van der Waals surface area (Å²) in [5.41, 5.74) is 1.84. The van der Waals surface area contributed by atoms with Crippen molar-refractivity contribution in [1.29, 1.82) is 0 Å². The highest BCUT2D eigenvalue weighted by molar-refractivity contribution is 5.88. The fraction of sp³-hybridized carbons (Fsp3) is 0.438. The number of rotatable bonds is 4. The van der Waals surface area contributed by atoms with Gasteiger partial charge in [0, 0.05) is 20.1 Å². The first kappa shape index (κ1) is 15.5. The summed E-state index contributed by atoms with van der Waals surface area (Å²) in [5, 5.41) is 2.80. The molecule has 2 amide bonds. The van der Waals surface area contributed by atoms with Gasteiger partial charge in [-0.05, 0) is 19.2 Å². The first-order valence-corrected chi connectivity index (χ1v) is 7.70. The molecule has 3 rings (SSSR count). The molecule has 0 radical (unpaired) electrons. The lowest BCUT2D eigenvalue weighted by atomic mass is 10.1. The van der Waals surface area contributed by atoms with Crippen molar-refractivity contribution in [1.82, 2.24) is 25.1 Å². The van der Waals surface area contributed by atoms with Gasteiger partial charge in [0.25, 0.3) is 0 Å². The number of imidazole rings is 1. The normalized spacial score (nSPS) is 18.9. The van der Waals surface area contributed by atoms with Gasteiger partial charge in [0.05, 0.1) is 30.0 Å². The van der Waals surface area contributed by atoms with Crippen LogP contribution in [0.3, 0.4) is 0 Å². The molecule has 1 aromatic carbocycles. The van der Waals surface area contributed by atoms with Crippen molar-refractivity contribution in [3.8, 4) is 0 Å². The zero-order valence-corrected chi connectivity index (χ0v) is 13.4. The second kappa shape index (κ2) is 6.37. The lowest BCUT2D eigenvalue weighted by Gasteiger charge is -2.32. The third-order valence-electron chi connectivity index (χ3n) is 4.22. The van der Waals surface area contributed by atoms with E-state index in [1.807, 2.05) is 36.2 Å². The van der Waals surface area contributed by atoms with E-state index in [4.69, 9.17) is 0 Å². The number of aromatic nitrogens is 2. The van der Waals surface area contributed by atoms with E-state index < -0.39 is 6.04 Å². The van der Waals surface area contributed by atoms with Crippen molar-refractivity contribution in [2.24, 2.45) is 0 Å². The van der Waals surface area contributed by atoms with Crippen LogP contribution in [0.4, 0.5) is 0 Å². The molecule has 1 aliphatic rings. The van der Waals surface area contributed by atoms with Crippen LogP contribution in [0.15, 0.2) is 24.3 Å². The van der Waals surface area contributed by atoms with Gasteiger partial charge in [0.15, 0.2) is 0 Å². The Bertz CT molecular complexity index is 693. The largest absolute Gasteiger partial charge is 0.353 e. The molecule has 0 saturated carbocycles. The van der Waals surface area contributed by atoms with Crippen molar-refractivity contribution >= 4 is 22.8 Å². The molecule has 0 spiro atoms. The summed E-state index contributed by atoms with van der Waals surface area (Å²) < 4.78 is 0. The lowest BCUT2D eigenvalue weighted by molar-refractivity contribution is -0.137. The first-order valence-electron chi connectivity index (χ1n) is 7.70. The van der Waals surface area contributed by atoms with Crippen molar-refractivity contribution < 1.29 is 9.59 Å². The fourth-order valence-electron chi connectivity index (χ4n) is 2.79. The summed E-state index contributed by atoms with van der Waals surface area (Å²) in [5.74, 6) is 0.590. The van der Waals surface area contributed by atoms with Crippen LogP contribution in [0.1, 0.15) is 12.2 Å². The van der Waals surface area contributed by atoms with E-state index >= 15 is 0 Å². The minimum absolute atomic E-state index is 0.0700. The van der Waals surface area contributed by atoms with Crippen molar-refractivity contribution in [3.63, 3.8) is 0 Å². The van der Waals surface area contributed by atoms with Crippen molar-refractivity contribution in [3.05, 3.63) is 30.1 Å². The average Bonchev–Trinajstić information content (AvgIpc) is 2.93. The zero-order chi connectivity index (χ0) is 16.4. The summed E-state index contributed by atoms with van der Waals surface area (Å²) in [6.07, 6.45) is 0.180. The molecule has 23 heavy (non-hydrogen) atoms. The van der Waals surface area contributed by atoms with Gasteiger partial charge >= 0.3 is 0 Å². The smallest absolute Gasteiger partial charge is 0.237 e. The number of aromatic amines is 1. The van der Waals surface area contributed by atoms with Gasteiger partial charge in [0.1, 0.15) is 5.82 Å². The fourth-order valence-corrected chi connectivity index (χ4v) is 2.79.